The molecule has 63 heavy (non-hydrogen) atoms. The van der Waals surface area contributed by atoms with Gasteiger partial charge in [-0.3, -0.25) is 0 Å². The summed E-state index contributed by atoms with van der Waals surface area (Å²) in [6, 6.07) is 65.8. The average molecular weight is 809 g/mol. The Kier molecular flexibility index (Phi) is 7.74. The van der Waals surface area contributed by atoms with Crippen LogP contribution < -0.4 is 0 Å². The highest BCUT2D eigenvalue weighted by molar-refractivity contribution is 6.15. The van der Waals surface area contributed by atoms with E-state index in [1.165, 1.54) is 0 Å². The van der Waals surface area contributed by atoms with Crippen LogP contribution in [0, 0.1) is 0 Å². The smallest absolute Gasteiger partial charge is 0.180 e. The highest BCUT2D eigenvalue weighted by Gasteiger charge is 2.23. The molecule has 0 aliphatic rings. The monoisotopic (exact) mass is 808 g/mol. The second-order valence-corrected chi connectivity index (χ2v) is 15.6. The fourth-order valence-electron chi connectivity index (χ4n) is 9.02. The number of aromatic nitrogens is 6. The minimum absolute atomic E-state index is 0.540. The first-order chi connectivity index (χ1) is 31.2. The molecule has 0 radical (unpaired) electrons. The Morgan fingerprint density at radius 3 is 1.78 bits per heavy atom. The van der Waals surface area contributed by atoms with Crippen molar-refractivity contribution in [3.63, 3.8) is 0 Å². The van der Waals surface area contributed by atoms with E-state index in [1.807, 2.05) is 109 Å². The molecule has 0 fully saturated rings. The van der Waals surface area contributed by atoms with E-state index in [9.17, 15) is 0 Å². The Hall–Kier alpha value is -8.75. The topological polar surface area (TPSA) is 95.7 Å². The molecule has 8 nitrogen and oxygen atoms in total. The Labute approximate surface area is 359 Å². The molecule has 0 saturated heterocycles. The third-order valence-electron chi connectivity index (χ3n) is 11.9. The van der Waals surface area contributed by atoms with Gasteiger partial charge in [0.2, 0.25) is 0 Å². The largest absolute Gasteiger partial charge is 0.455 e. The molecule has 13 aromatic rings. The molecule has 0 bridgehead atoms. The fourth-order valence-corrected chi connectivity index (χ4v) is 9.02. The molecule has 0 aliphatic heterocycles. The van der Waals surface area contributed by atoms with Gasteiger partial charge in [-0.05, 0) is 54.6 Å². The van der Waals surface area contributed by atoms with Gasteiger partial charge < -0.3 is 13.4 Å². The number of nitrogens with zero attached hydrogens (tertiary/aromatic N) is 6. The number of fused-ring (bicyclic) bond motifs is 9. The van der Waals surface area contributed by atoms with Crippen LogP contribution in [-0.2, 0) is 0 Å². The SMILES string of the molecule is c1ccc(-c2nc(-c3ccc4c(c3)oc3c(-c5nc(-c6ccccc6)c6oc7ccccc7c6n5)cccc34)nc(-c3cccc4c3c3ccccc3n4-c3ccccc3)n2)cc1. The van der Waals surface area contributed by atoms with Crippen LogP contribution >= 0.6 is 0 Å². The van der Waals surface area contributed by atoms with Crippen molar-refractivity contribution in [2.75, 3.05) is 0 Å². The number of para-hydroxylation sites is 4. The van der Waals surface area contributed by atoms with Gasteiger partial charge in [-0.15, -0.1) is 0 Å². The van der Waals surface area contributed by atoms with Crippen LogP contribution in [0.3, 0.4) is 0 Å². The second-order valence-electron chi connectivity index (χ2n) is 15.6. The number of rotatable bonds is 6. The van der Waals surface area contributed by atoms with Crippen LogP contribution in [0.2, 0.25) is 0 Å². The zero-order valence-corrected chi connectivity index (χ0v) is 33.5. The summed E-state index contributed by atoms with van der Waals surface area (Å²) in [5.41, 5.74) is 11.9. The summed E-state index contributed by atoms with van der Waals surface area (Å²) in [6.07, 6.45) is 0. The first-order valence-corrected chi connectivity index (χ1v) is 20.8. The molecule has 8 heteroatoms. The number of hydrogen-bond acceptors (Lipinski definition) is 7. The van der Waals surface area contributed by atoms with Gasteiger partial charge in [0.25, 0.3) is 0 Å². The van der Waals surface area contributed by atoms with E-state index in [-0.39, 0.29) is 0 Å². The van der Waals surface area contributed by atoms with Crippen LogP contribution in [0.1, 0.15) is 0 Å². The van der Waals surface area contributed by atoms with E-state index in [0.717, 1.165) is 88.3 Å². The number of benzene rings is 8. The van der Waals surface area contributed by atoms with Crippen molar-refractivity contribution in [1.29, 1.82) is 0 Å². The third-order valence-corrected chi connectivity index (χ3v) is 11.9. The van der Waals surface area contributed by atoms with Crippen molar-refractivity contribution in [2.24, 2.45) is 0 Å². The third kappa shape index (κ3) is 5.58. The Balaban J connectivity index is 0.996. The predicted molar refractivity (Wildman–Crippen MR) is 251 cm³/mol. The van der Waals surface area contributed by atoms with Crippen LogP contribution in [0.5, 0.6) is 0 Å². The normalized spacial score (nSPS) is 11.8. The molecule has 13 rings (SSSR count). The lowest BCUT2D eigenvalue weighted by Crippen LogP contribution is -2.00. The fraction of sp³-hybridized carbons (Fsp3) is 0. The highest BCUT2D eigenvalue weighted by atomic mass is 16.3. The highest BCUT2D eigenvalue weighted by Crippen LogP contribution is 2.41. The quantitative estimate of drug-likeness (QED) is 0.165. The molecule has 5 heterocycles. The van der Waals surface area contributed by atoms with E-state index in [2.05, 4.69) is 89.5 Å². The van der Waals surface area contributed by atoms with Gasteiger partial charge in [0.15, 0.2) is 28.9 Å². The van der Waals surface area contributed by atoms with E-state index in [0.29, 0.717) is 40.0 Å². The molecule has 0 aliphatic carbocycles. The zero-order chi connectivity index (χ0) is 41.4. The molecular formula is C55H32N6O2. The first-order valence-electron chi connectivity index (χ1n) is 20.8. The molecule has 0 N–H and O–H groups in total. The molecule has 0 saturated carbocycles. The minimum Gasteiger partial charge on any atom is -0.455 e. The maximum absolute atomic E-state index is 6.83. The maximum atomic E-state index is 6.83. The van der Waals surface area contributed by atoms with Crippen molar-refractivity contribution in [1.82, 2.24) is 29.5 Å². The molecule has 294 valence electrons. The lowest BCUT2D eigenvalue weighted by Gasteiger charge is -2.10. The first kappa shape index (κ1) is 35.0. The zero-order valence-electron chi connectivity index (χ0n) is 33.5. The average Bonchev–Trinajstić information content (AvgIpc) is 4.04. The summed E-state index contributed by atoms with van der Waals surface area (Å²) in [6.45, 7) is 0. The van der Waals surface area contributed by atoms with Crippen LogP contribution in [0.15, 0.2) is 203 Å². The maximum Gasteiger partial charge on any atom is 0.180 e. The van der Waals surface area contributed by atoms with Crippen molar-refractivity contribution >= 4 is 65.8 Å². The summed E-state index contributed by atoms with van der Waals surface area (Å²) >= 11 is 0. The molecular weight excluding hydrogens is 777 g/mol. The van der Waals surface area contributed by atoms with E-state index >= 15 is 0 Å². The van der Waals surface area contributed by atoms with Crippen LogP contribution in [-0.4, -0.2) is 29.5 Å². The van der Waals surface area contributed by atoms with Gasteiger partial charge in [0.05, 0.1) is 16.6 Å². The molecule has 5 aromatic heterocycles. The Morgan fingerprint density at radius 1 is 0.349 bits per heavy atom. The number of furan rings is 2. The lowest BCUT2D eigenvalue weighted by atomic mass is 10.0. The summed E-state index contributed by atoms with van der Waals surface area (Å²) in [7, 11) is 0. The summed E-state index contributed by atoms with van der Waals surface area (Å²) < 4.78 is 15.5. The van der Waals surface area contributed by atoms with Gasteiger partial charge in [-0.25, -0.2) is 24.9 Å². The molecule has 0 unspecified atom stereocenters. The lowest BCUT2D eigenvalue weighted by molar-refractivity contribution is 0.666. The molecule has 8 aromatic carbocycles. The molecule has 0 spiro atoms. The molecule has 0 amide bonds. The van der Waals surface area contributed by atoms with Crippen LogP contribution in [0.4, 0.5) is 0 Å². The van der Waals surface area contributed by atoms with Gasteiger partial charge in [-0.2, -0.15) is 0 Å². The number of hydrogen-bond donors (Lipinski definition) is 0. The van der Waals surface area contributed by atoms with Gasteiger partial charge in [-0.1, -0.05) is 140 Å². The van der Waals surface area contributed by atoms with Gasteiger partial charge >= 0.3 is 0 Å². The summed E-state index contributed by atoms with van der Waals surface area (Å²) in [4.78, 5) is 25.8. The predicted octanol–water partition coefficient (Wildman–Crippen LogP) is 13.9. The second kappa shape index (κ2) is 13.9. The van der Waals surface area contributed by atoms with Gasteiger partial charge in [0, 0.05) is 54.9 Å². The van der Waals surface area contributed by atoms with E-state index in [4.69, 9.17) is 33.8 Å². The van der Waals surface area contributed by atoms with Crippen molar-refractivity contribution in [3.8, 4) is 62.5 Å². The van der Waals surface area contributed by atoms with E-state index < -0.39 is 0 Å². The standard InChI is InChI=1S/C55H32N6O2/c1-4-16-33(17-5-1)48-51-49(40-23-11-13-29-45(40)62-51)57-55(56-48)42-26-14-24-38-37-31-30-35(32-46(37)63-50(38)42)53-58-52(34-18-6-2-7-19-34)59-54(60-53)41-25-15-28-44-47(41)39-22-10-12-27-43(39)61(44)36-20-8-3-9-21-36/h1-32H. The van der Waals surface area contributed by atoms with Crippen molar-refractivity contribution in [3.05, 3.63) is 194 Å². The summed E-state index contributed by atoms with van der Waals surface area (Å²) in [5.74, 6) is 2.26. The van der Waals surface area contributed by atoms with Gasteiger partial charge in [0.1, 0.15) is 28.0 Å². The Bertz CT molecular complexity index is 3910. The van der Waals surface area contributed by atoms with E-state index in [1.54, 1.807) is 0 Å². The molecule has 0 atom stereocenters. The Morgan fingerprint density at radius 2 is 0.952 bits per heavy atom. The summed E-state index contributed by atoms with van der Waals surface area (Å²) in [5, 5.41) is 5.05. The van der Waals surface area contributed by atoms with Crippen LogP contribution in [0.25, 0.3) is 128 Å². The van der Waals surface area contributed by atoms with Crippen molar-refractivity contribution in [2.45, 2.75) is 0 Å². The minimum atomic E-state index is 0.540. The van der Waals surface area contributed by atoms with Crippen molar-refractivity contribution < 1.29 is 8.83 Å².